The summed E-state index contributed by atoms with van der Waals surface area (Å²) in [5.41, 5.74) is 5.57. The standard InChI is InChI=1S/C10H12N4O4S2/c1-19(15,16)8-4-2-3-7(5-8)14-20(17,18)9-6-12-13-10(9)11/h2-6,14H,1H3,(H3,11,12,13). The van der Waals surface area contributed by atoms with Crippen LogP contribution in [0.25, 0.3) is 0 Å². The Kier molecular flexibility index (Phi) is 3.44. The molecule has 0 atom stereocenters. The zero-order valence-electron chi connectivity index (χ0n) is 10.4. The number of sulfonamides is 1. The van der Waals surface area contributed by atoms with E-state index in [4.69, 9.17) is 5.73 Å². The van der Waals surface area contributed by atoms with Gasteiger partial charge in [-0.1, -0.05) is 6.07 Å². The topological polar surface area (TPSA) is 135 Å². The van der Waals surface area contributed by atoms with Gasteiger partial charge in [-0.05, 0) is 18.2 Å². The highest BCUT2D eigenvalue weighted by Gasteiger charge is 2.20. The van der Waals surface area contributed by atoms with Crippen molar-refractivity contribution in [1.82, 2.24) is 10.2 Å². The number of rotatable bonds is 4. The minimum absolute atomic E-state index is 0.0119. The molecule has 0 saturated carbocycles. The molecule has 0 aliphatic rings. The van der Waals surface area contributed by atoms with Crippen LogP contribution in [-0.4, -0.2) is 33.3 Å². The van der Waals surface area contributed by atoms with Crippen molar-refractivity contribution in [1.29, 1.82) is 0 Å². The maximum absolute atomic E-state index is 12.0. The predicted molar refractivity (Wildman–Crippen MR) is 73.4 cm³/mol. The number of aromatic nitrogens is 2. The number of nitrogens with zero attached hydrogens (tertiary/aromatic N) is 1. The van der Waals surface area contributed by atoms with Crippen LogP contribution in [0.5, 0.6) is 0 Å². The van der Waals surface area contributed by atoms with Gasteiger partial charge in [0.25, 0.3) is 10.0 Å². The molecular formula is C10H12N4O4S2. The Hall–Kier alpha value is -2.07. The fourth-order valence-electron chi connectivity index (χ4n) is 1.50. The monoisotopic (exact) mass is 316 g/mol. The number of hydrogen-bond donors (Lipinski definition) is 3. The van der Waals surface area contributed by atoms with Crippen molar-refractivity contribution in [3.63, 3.8) is 0 Å². The summed E-state index contributed by atoms with van der Waals surface area (Å²) < 4.78 is 49.2. The maximum Gasteiger partial charge on any atom is 0.267 e. The Balaban J connectivity index is 2.38. The second-order valence-electron chi connectivity index (χ2n) is 4.05. The van der Waals surface area contributed by atoms with Crippen molar-refractivity contribution in [2.45, 2.75) is 9.79 Å². The molecule has 4 N–H and O–H groups in total. The van der Waals surface area contributed by atoms with Crippen LogP contribution in [0.4, 0.5) is 11.5 Å². The van der Waals surface area contributed by atoms with E-state index in [1.165, 1.54) is 24.3 Å². The first kappa shape index (κ1) is 14.3. The number of sulfone groups is 1. The molecule has 1 aromatic heterocycles. The van der Waals surface area contributed by atoms with E-state index in [1.807, 2.05) is 0 Å². The van der Waals surface area contributed by atoms with Gasteiger partial charge < -0.3 is 5.73 Å². The molecule has 10 heteroatoms. The van der Waals surface area contributed by atoms with Crippen LogP contribution in [0.1, 0.15) is 0 Å². The molecule has 0 fully saturated rings. The molecule has 0 bridgehead atoms. The second-order valence-corrected chi connectivity index (χ2v) is 7.72. The van der Waals surface area contributed by atoms with Crippen LogP contribution in [0.15, 0.2) is 40.3 Å². The molecule has 108 valence electrons. The van der Waals surface area contributed by atoms with Crippen molar-refractivity contribution in [2.75, 3.05) is 16.7 Å². The third-order valence-corrected chi connectivity index (χ3v) is 4.96. The fourth-order valence-corrected chi connectivity index (χ4v) is 3.24. The van der Waals surface area contributed by atoms with E-state index < -0.39 is 19.9 Å². The lowest BCUT2D eigenvalue weighted by molar-refractivity contribution is 0.599. The largest absolute Gasteiger partial charge is 0.383 e. The number of H-pyrrole nitrogens is 1. The Bertz CT molecular complexity index is 840. The van der Waals surface area contributed by atoms with E-state index >= 15 is 0 Å². The first-order valence-electron chi connectivity index (χ1n) is 5.32. The van der Waals surface area contributed by atoms with Gasteiger partial charge in [-0.3, -0.25) is 9.82 Å². The molecule has 0 radical (unpaired) electrons. The number of benzene rings is 1. The summed E-state index contributed by atoms with van der Waals surface area (Å²) in [5.74, 6) is -0.100. The number of nitrogen functional groups attached to an aromatic ring is 1. The number of anilines is 2. The van der Waals surface area contributed by atoms with Crippen LogP contribution in [0.2, 0.25) is 0 Å². The smallest absolute Gasteiger partial charge is 0.267 e. The lowest BCUT2D eigenvalue weighted by atomic mass is 10.3. The molecule has 0 spiro atoms. The second kappa shape index (κ2) is 4.80. The SMILES string of the molecule is CS(=O)(=O)c1cccc(NS(=O)(=O)c2cn[nH]c2N)c1. The fraction of sp³-hybridized carbons (Fsp3) is 0.100. The van der Waals surface area contributed by atoms with E-state index in [0.717, 1.165) is 12.5 Å². The molecule has 8 nitrogen and oxygen atoms in total. The zero-order chi connectivity index (χ0) is 15.0. The summed E-state index contributed by atoms with van der Waals surface area (Å²) in [6.45, 7) is 0. The lowest BCUT2D eigenvalue weighted by Crippen LogP contribution is -2.14. The van der Waals surface area contributed by atoms with Gasteiger partial charge >= 0.3 is 0 Å². The molecule has 1 aromatic carbocycles. The summed E-state index contributed by atoms with van der Waals surface area (Å²) in [4.78, 5) is -0.194. The molecule has 0 amide bonds. The average Bonchev–Trinajstić information content (AvgIpc) is 2.75. The van der Waals surface area contributed by atoms with Crippen LogP contribution < -0.4 is 10.5 Å². The minimum atomic E-state index is -3.93. The Morgan fingerprint density at radius 1 is 1.25 bits per heavy atom. The van der Waals surface area contributed by atoms with Crippen molar-refractivity contribution in [3.8, 4) is 0 Å². The first-order chi connectivity index (χ1) is 9.20. The molecule has 2 aromatic rings. The summed E-state index contributed by atoms with van der Waals surface area (Å²) in [6, 6.07) is 5.47. The summed E-state index contributed by atoms with van der Waals surface area (Å²) in [7, 11) is -7.35. The highest BCUT2D eigenvalue weighted by Crippen LogP contribution is 2.21. The number of aromatic amines is 1. The van der Waals surface area contributed by atoms with Crippen LogP contribution in [0, 0.1) is 0 Å². The van der Waals surface area contributed by atoms with Crippen LogP contribution >= 0.6 is 0 Å². The highest BCUT2D eigenvalue weighted by molar-refractivity contribution is 7.93. The van der Waals surface area contributed by atoms with E-state index in [2.05, 4.69) is 14.9 Å². The van der Waals surface area contributed by atoms with E-state index in [9.17, 15) is 16.8 Å². The third kappa shape index (κ3) is 2.91. The highest BCUT2D eigenvalue weighted by atomic mass is 32.2. The average molecular weight is 316 g/mol. The van der Waals surface area contributed by atoms with Crippen molar-refractivity contribution >= 4 is 31.4 Å². The molecule has 2 rings (SSSR count). The predicted octanol–water partition coefficient (Wildman–Crippen LogP) is 0.196. The van der Waals surface area contributed by atoms with Crippen LogP contribution in [0.3, 0.4) is 0 Å². The van der Waals surface area contributed by atoms with Gasteiger partial charge in [0.2, 0.25) is 0 Å². The van der Waals surface area contributed by atoms with Crippen molar-refractivity contribution in [2.24, 2.45) is 0 Å². The van der Waals surface area contributed by atoms with Gasteiger partial charge in [0.1, 0.15) is 10.7 Å². The van der Waals surface area contributed by atoms with Gasteiger partial charge in [-0.25, -0.2) is 16.8 Å². The number of nitrogens with two attached hydrogens (primary N) is 1. The van der Waals surface area contributed by atoms with E-state index in [1.54, 1.807) is 0 Å². The molecule has 0 aliphatic heterocycles. The van der Waals surface area contributed by atoms with Gasteiger partial charge in [0.05, 0.1) is 16.8 Å². The van der Waals surface area contributed by atoms with E-state index in [0.29, 0.717) is 0 Å². The third-order valence-electron chi connectivity index (χ3n) is 2.44. The van der Waals surface area contributed by atoms with Gasteiger partial charge in [-0.15, -0.1) is 0 Å². The number of nitrogens with one attached hydrogen (secondary N) is 2. The molecule has 1 heterocycles. The molecule has 0 aliphatic carbocycles. The lowest BCUT2D eigenvalue weighted by Gasteiger charge is -2.08. The van der Waals surface area contributed by atoms with Gasteiger partial charge in [-0.2, -0.15) is 5.10 Å². The molecule has 20 heavy (non-hydrogen) atoms. The Labute approximate surface area is 116 Å². The summed E-state index contributed by atoms with van der Waals surface area (Å²) in [5, 5.41) is 5.83. The van der Waals surface area contributed by atoms with Gasteiger partial charge in [0.15, 0.2) is 9.84 Å². The van der Waals surface area contributed by atoms with Gasteiger partial charge in [0, 0.05) is 6.26 Å². The Morgan fingerprint density at radius 2 is 1.95 bits per heavy atom. The van der Waals surface area contributed by atoms with E-state index in [-0.39, 0.29) is 21.3 Å². The molecular weight excluding hydrogens is 304 g/mol. The normalized spacial score (nSPS) is 12.2. The molecule has 0 saturated heterocycles. The van der Waals surface area contributed by atoms with Crippen LogP contribution in [-0.2, 0) is 19.9 Å². The van der Waals surface area contributed by atoms with Crippen molar-refractivity contribution < 1.29 is 16.8 Å². The van der Waals surface area contributed by atoms with Crippen molar-refractivity contribution in [3.05, 3.63) is 30.5 Å². The quantitative estimate of drug-likeness (QED) is 0.737. The molecule has 0 unspecified atom stereocenters. The summed E-state index contributed by atoms with van der Waals surface area (Å²) >= 11 is 0. The summed E-state index contributed by atoms with van der Waals surface area (Å²) in [6.07, 6.45) is 2.10. The zero-order valence-corrected chi connectivity index (χ0v) is 12.0. The number of hydrogen-bond acceptors (Lipinski definition) is 6. The Morgan fingerprint density at radius 3 is 2.50 bits per heavy atom. The minimum Gasteiger partial charge on any atom is -0.383 e. The first-order valence-corrected chi connectivity index (χ1v) is 8.69. The maximum atomic E-state index is 12.0.